The van der Waals surface area contributed by atoms with Gasteiger partial charge in [0.1, 0.15) is 0 Å². The molecule has 21 heavy (non-hydrogen) atoms. The van der Waals surface area contributed by atoms with Crippen molar-refractivity contribution in [3.8, 4) is 11.5 Å². The van der Waals surface area contributed by atoms with E-state index in [1.54, 1.807) is 14.2 Å². The summed E-state index contributed by atoms with van der Waals surface area (Å²) in [6, 6.07) is 13.2. The molecule has 5 heteroatoms. The van der Waals surface area contributed by atoms with E-state index in [0.717, 1.165) is 11.3 Å². The predicted octanol–water partition coefficient (Wildman–Crippen LogP) is 3.47. The number of benzene rings is 2. The third-order valence-corrected chi connectivity index (χ3v) is 3.48. The summed E-state index contributed by atoms with van der Waals surface area (Å²) in [5.41, 5.74) is 7.81. The van der Waals surface area contributed by atoms with Gasteiger partial charge in [-0.05, 0) is 30.3 Å². The Morgan fingerprint density at radius 2 is 1.81 bits per heavy atom. The van der Waals surface area contributed by atoms with Crippen molar-refractivity contribution in [3.63, 3.8) is 0 Å². The lowest BCUT2D eigenvalue weighted by Gasteiger charge is -2.22. The molecule has 0 saturated carbocycles. The Bertz CT molecular complexity index is 587. The van der Waals surface area contributed by atoms with E-state index in [4.69, 9.17) is 26.8 Å². The fraction of sp³-hybridized carbons (Fsp3) is 0.250. The molecule has 2 rings (SSSR count). The first kappa shape index (κ1) is 15.5. The topological polar surface area (TPSA) is 56.5 Å². The van der Waals surface area contributed by atoms with Crippen LogP contribution < -0.4 is 20.5 Å². The van der Waals surface area contributed by atoms with Crippen molar-refractivity contribution in [2.45, 2.75) is 6.04 Å². The van der Waals surface area contributed by atoms with Gasteiger partial charge in [-0.2, -0.15) is 0 Å². The molecular formula is C16H19ClN2O2. The highest BCUT2D eigenvalue weighted by Gasteiger charge is 2.17. The average Bonchev–Trinajstić information content (AvgIpc) is 2.53. The first-order valence-corrected chi connectivity index (χ1v) is 7.00. The Morgan fingerprint density at radius 1 is 1.10 bits per heavy atom. The maximum absolute atomic E-state index is 5.91. The molecule has 0 saturated heterocycles. The molecule has 3 N–H and O–H groups in total. The molecule has 1 unspecified atom stereocenters. The summed E-state index contributed by atoms with van der Waals surface area (Å²) in [5, 5.41) is 4.08. The molecule has 0 amide bonds. The number of halogens is 1. The summed E-state index contributed by atoms with van der Waals surface area (Å²) in [6.07, 6.45) is 0. The lowest BCUT2D eigenvalue weighted by molar-refractivity contribution is 0.350. The van der Waals surface area contributed by atoms with Crippen molar-refractivity contribution in [2.24, 2.45) is 5.73 Å². The van der Waals surface area contributed by atoms with Crippen LogP contribution in [-0.2, 0) is 0 Å². The molecule has 2 aromatic carbocycles. The van der Waals surface area contributed by atoms with Crippen LogP contribution in [0, 0.1) is 0 Å². The van der Waals surface area contributed by atoms with Gasteiger partial charge in [0.05, 0.1) is 20.3 Å². The molecule has 0 spiro atoms. The predicted molar refractivity (Wildman–Crippen MR) is 86.4 cm³/mol. The third-order valence-electron chi connectivity index (χ3n) is 3.23. The number of methoxy groups -OCH3 is 2. The van der Waals surface area contributed by atoms with Crippen molar-refractivity contribution in [1.29, 1.82) is 0 Å². The second-order valence-electron chi connectivity index (χ2n) is 4.52. The van der Waals surface area contributed by atoms with Gasteiger partial charge in [-0.15, -0.1) is 0 Å². The van der Waals surface area contributed by atoms with Crippen molar-refractivity contribution in [3.05, 3.63) is 53.1 Å². The van der Waals surface area contributed by atoms with E-state index in [2.05, 4.69) is 5.32 Å². The highest BCUT2D eigenvalue weighted by atomic mass is 35.5. The van der Waals surface area contributed by atoms with Crippen LogP contribution in [0.3, 0.4) is 0 Å². The summed E-state index contributed by atoms with van der Waals surface area (Å²) < 4.78 is 10.8. The van der Waals surface area contributed by atoms with Crippen LogP contribution >= 0.6 is 11.6 Å². The van der Waals surface area contributed by atoms with Crippen LogP contribution in [0.5, 0.6) is 11.5 Å². The maximum Gasteiger partial charge on any atom is 0.166 e. The quantitative estimate of drug-likeness (QED) is 0.858. The maximum atomic E-state index is 5.91. The molecule has 0 aliphatic rings. The zero-order valence-corrected chi connectivity index (χ0v) is 12.9. The third kappa shape index (κ3) is 3.60. The molecule has 0 bridgehead atoms. The highest BCUT2D eigenvalue weighted by Crippen LogP contribution is 2.35. The number of hydrogen-bond donors (Lipinski definition) is 2. The van der Waals surface area contributed by atoms with Gasteiger partial charge in [0.15, 0.2) is 11.5 Å². The van der Waals surface area contributed by atoms with E-state index >= 15 is 0 Å². The van der Waals surface area contributed by atoms with Gasteiger partial charge in [0, 0.05) is 22.8 Å². The second kappa shape index (κ2) is 7.20. The number of nitrogens with one attached hydrogen (secondary N) is 1. The Labute approximate surface area is 129 Å². The van der Waals surface area contributed by atoms with Crippen LogP contribution in [0.4, 0.5) is 5.69 Å². The Balaban J connectivity index is 2.31. The van der Waals surface area contributed by atoms with Crippen molar-refractivity contribution in [2.75, 3.05) is 26.1 Å². The zero-order valence-electron chi connectivity index (χ0n) is 12.1. The van der Waals surface area contributed by atoms with Gasteiger partial charge in [0.25, 0.3) is 0 Å². The lowest BCUT2D eigenvalue weighted by atomic mass is 10.0. The standard InChI is InChI=1S/C16H19ClN2O2/c1-20-15-5-3-4-13(16(15)21-2)14(10-18)19-12-8-6-11(17)7-9-12/h3-9,14,19H,10,18H2,1-2H3. The van der Waals surface area contributed by atoms with Gasteiger partial charge < -0.3 is 20.5 Å². The van der Waals surface area contributed by atoms with E-state index in [-0.39, 0.29) is 6.04 Å². The number of rotatable bonds is 6. The highest BCUT2D eigenvalue weighted by molar-refractivity contribution is 6.30. The average molecular weight is 307 g/mol. The molecule has 1 atom stereocenters. The Kier molecular flexibility index (Phi) is 5.31. The number of anilines is 1. The number of para-hydroxylation sites is 1. The van der Waals surface area contributed by atoms with Crippen LogP contribution in [0.25, 0.3) is 0 Å². The summed E-state index contributed by atoms with van der Waals surface area (Å²) >= 11 is 5.90. The van der Waals surface area contributed by atoms with E-state index in [0.29, 0.717) is 23.1 Å². The monoisotopic (exact) mass is 306 g/mol. The first-order valence-electron chi connectivity index (χ1n) is 6.62. The first-order chi connectivity index (χ1) is 10.2. The van der Waals surface area contributed by atoms with E-state index in [9.17, 15) is 0 Å². The fourth-order valence-corrected chi connectivity index (χ4v) is 2.32. The minimum absolute atomic E-state index is 0.0868. The summed E-state index contributed by atoms with van der Waals surface area (Å²) in [5.74, 6) is 1.38. The van der Waals surface area contributed by atoms with Crippen LogP contribution in [0.2, 0.25) is 5.02 Å². The minimum atomic E-state index is -0.0868. The lowest BCUT2D eigenvalue weighted by Crippen LogP contribution is -2.21. The molecule has 4 nitrogen and oxygen atoms in total. The summed E-state index contributed by atoms with van der Waals surface area (Å²) in [6.45, 7) is 0.423. The van der Waals surface area contributed by atoms with Crippen molar-refractivity contribution >= 4 is 17.3 Å². The molecule has 0 aliphatic carbocycles. The largest absolute Gasteiger partial charge is 0.493 e. The van der Waals surface area contributed by atoms with E-state index in [1.807, 2.05) is 42.5 Å². The molecule has 0 heterocycles. The Morgan fingerprint density at radius 3 is 2.38 bits per heavy atom. The van der Waals surface area contributed by atoms with Gasteiger partial charge >= 0.3 is 0 Å². The van der Waals surface area contributed by atoms with Crippen molar-refractivity contribution < 1.29 is 9.47 Å². The van der Waals surface area contributed by atoms with E-state index in [1.165, 1.54) is 0 Å². The summed E-state index contributed by atoms with van der Waals surface area (Å²) in [4.78, 5) is 0. The molecule has 0 aliphatic heterocycles. The SMILES string of the molecule is COc1cccc(C(CN)Nc2ccc(Cl)cc2)c1OC. The number of nitrogens with two attached hydrogens (primary N) is 1. The number of hydrogen-bond acceptors (Lipinski definition) is 4. The van der Waals surface area contributed by atoms with Gasteiger partial charge in [0.2, 0.25) is 0 Å². The zero-order chi connectivity index (χ0) is 15.2. The fourth-order valence-electron chi connectivity index (χ4n) is 2.20. The van der Waals surface area contributed by atoms with Crippen LogP contribution in [-0.4, -0.2) is 20.8 Å². The van der Waals surface area contributed by atoms with E-state index < -0.39 is 0 Å². The number of ether oxygens (including phenoxy) is 2. The van der Waals surface area contributed by atoms with Gasteiger partial charge in [-0.3, -0.25) is 0 Å². The second-order valence-corrected chi connectivity index (χ2v) is 4.96. The molecule has 0 radical (unpaired) electrons. The summed E-state index contributed by atoms with van der Waals surface area (Å²) in [7, 11) is 3.24. The van der Waals surface area contributed by atoms with Crippen molar-refractivity contribution in [1.82, 2.24) is 0 Å². The minimum Gasteiger partial charge on any atom is -0.493 e. The van der Waals surface area contributed by atoms with Gasteiger partial charge in [-0.25, -0.2) is 0 Å². The van der Waals surface area contributed by atoms with Crippen LogP contribution in [0.1, 0.15) is 11.6 Å². The molecule has 0 fully saturated rings. The molecule has 2 aromatic rings. The van der Waals surface area contributed by atoms with Gasteiger partial charge in [-0.1, -0.05) is 23.7 Å². The molecular weight excluding hydrogens is 288 g/mol. The molecule has 0 aromatic heterocycles. The van der Waals surface area contributed by atoms with Crippen LogP contribution in [0.15, 0.2) is 42.5 Å². The smallest absolute Gasteiger partial charge is 0.166 e. The molecule has 112 valence electrons. The normalized spacial score (nSPS) is 11.8. The Hall–Kier alpha value is -1.91.